The molecule has 0 radical (unpaired) electrons. The zero-order chi connectivity index (χ0) is 13.2. The number of hydrogen-bond donors (Lipinski definition) is 4. The van der Waals surface area contributed by atoms with Crippen molar-refractivity contribution < 1.29 is 20.1 Å². The summed E-state index contributed by atoms with van der Waals surface area (Å²) in [6.45, 7) is 3.32. The summed E-state index contributed by atoms with van der Waals surface area (Å²) >= 11 is 1.24. The highest BCUT2D eigenvalue weighted by molar-refractivity contribution is 7.99. The van der Waals surface area contributed by atoms with Crippen molar-refractivity contribution in [2.75, 3.05) is 5.75 Å². The van der Waals surface area contributed by atoms with Gasteiger partial charge in [0.2, 0.25) is 0 Å². The Morgan fingerprint density at radius 3 is 2.53 bits per heavy atom. The van der Waals surface area contributed by atoms with Crippen molar-refractivity contribution in [2.45, 2.75) is 24.8 Å². The summed E-state index contributed by atoms with van der Waals surface area (Å²) in [6.07, 6.45) is 0. The lowest BCUT2D eigenvalue weighted by atomic mass is 10.1. The lowest BCUT2D eigenvalue weighted by molar-refractivity contribution is -0.137. The number of aryl methyl sites for hydroxylation is 1. The molecule has 0 spiro atoms. The van der Waals surface area contributed by atoms with E-state index >= 15 is 0 Å². The number of benzene rings is 1. The van der Waals surface area contributed by atoms with E-state index in [1.54, 1.807) is 19.9 Å². The molecule has 94 valence electrons. The molecule has 0 fully saturated rings. The molecule has 5 nitrogen and oxygen atoms in total. The third-order valence-corrected chi connectivity index (χ3v) is 3.67. The monoisotopic (exact) mass is 257 g/mol. The van der Waals surface area contributed by atoms with Gasteiger partial charge in [-0.1, -0.05) is 0 Å². The number of carboxylic acid groups (broad SMARTS) is 1. The number of phenolic OH excluding ortho intramolecular Hbond substituents is 2. The third kappa shape index (κ3) is 3.04. The average molecular weight is 257 g/mol. The summed E-state index contributed by atoms with van der Waals surface area (Å²) in [5.41, 5.74) is 6.45. The Bertz CT molecular complexity index is 448. The fourth-order valence-corrected chi connectivity index (χ4v) is 2.33. The Hall–Kier alpha value is -1.40. The minimum atomic E-state index is -1.06. The smallest absolute Gasteiger partial charge is 0.321 e. The molecule has 0 aliphatic heterocycles. The van der Waals surface area contributed by atoms with Crippen LogP contribution in [0, 0.1) is 13.8 Å². The van der Waals surface area contributed by atoms with Gasteiger partial charge in [-0.15, -0.1) is 11.8 Å². The second-order valence-corrected chi connectivity index (χ2v) is 4.83. The summed E-state index contributed by atoms with van der Waals surface area (Å²) in [6, 6.07) is 0.750. The number of carbonyl (C=O) groups is 1. The molecule has 17 heavy (non-hydrogen) atoms. The zero-order valence-electron chi connectivity index (χ0n) is 9.60. The van der Waals surface area contributed by atoms with E-state index in [-0.39, 0.29) is 17.3 Å². The predicted octanol–water partition coefficient (Wildman–Crippen LogP) is 1.22. The van der Waals surface area contributed by atoms with Crippen LogP contribution in [0.3, 0.4) is 0 Å². The SMILES string of the molecule is Cc1cc(SC[C@H](N)C(=O)O)c(C)c(O)c1O. The molecular formula is C11H15NO4S. The van der Waals surface area contributed by atoms with Crippen LogP contribution < -0.4 is 5.73 Å². The molecule has 6 heteroatoms. The lowest BCUT2D eigenvalue weighted by Crippen LogP contribution is -2.32. The molecule has 0 saturated carbocycles. The second-order valence-electron chi connectivity index (χ2n) is 3.77. The molecule has 1 atom stereocenters. The Labute approximate surface area is 103 Å². The summed E-state index contributed by atoms with van der Waals surface area (Å²) in [4.78, 5) is 11.3. The number of nitrogens with two attached hydrogens (primary N) is 1. The largest absolute Gasteiger partial charge is 0.504 e. The fourth-order valence-electron chi connectivity index (χ4n) is 1.26. The first kappa shape index (κ1) is 13.7. The van der Waals surface area contributed by atoms with Crippen molar-refractivity contribution in [3.63, 3.8) is 0 Å². The van der Waals surface area contributed by atoms with Gasteiger partial charge in [0.05, 0.1) is 0 Å². The van der Waals surface area contributed by atoms with E-state index in [1.165, 1.54) is 11.8 Å². The second kappa shape index (κ2) is 5.29. The number of phenols is 2. The van der Waals surface area contributed by atoms with E-state index in [2.05, 4.69) is 0 Å². The first-order chi connectivity index (χ1) is 7.84. The molecule has 0 aromatic heterocycles. The Kier molecular flexibility index (Phi) is 4.25. The summed E-state index contributed by atoms with van der Waals surface area (Å²) < 4.78 is 0. The van der Waals surface area contributed by atoms with Crippen LogP contribution in [0.5, 0.6) is 11.5 Å². The number of aromatic hydroxyl groups is 2. The van der Waals surface area contributed by atoms with E-state index in [1.807, 2.05) is 0 Å². The quantitative estimate of drug-likeness (QED) is 0.477. The average Bonchev–Trinajstić information content (AvgIpc) is 2.28. The Morgan fingerprint density at radius 2 is 2.00 bits per heavy atom. The summed E-state index contributed by atoms with van der Waals surface area (Å²) in [5, 5.41) is 27.8. The van der Waals surface area contributed by atoms with E-state index in [0.717, 1.165) is 4.90 Å². The highest BCUT2D eigenvalue weighted by Gasteiger charge is 2.15. The highest BCUT2D eigenvalue weighted by Crippen LogP contribution is 2.38. The van der Waals surface area contributed by atoms with Gasteiger partial charge in [0.25, 0.3) is 0 Å². The molecule has 0 amide bonds. The first-order valence-corrected chi connectivity index (χ1v) is 5.96. The molecule has 0 heterocycles. The molecule has 0 unspecified atom stereocenters. The minimum Gasteiger partial charge on any atom is -0.504 e. The van der Waals surface area contributed by atoms with Gasteiger partial charge in [0, 0.05) is 16.2 Å². The number of hydrogen-bond acceptors (Lipinski definition) is 5. The van der Waals surface area contributed by atoms with Crippen LogP contribution in [0.15, 0.2) is 11.0 Å². The maximum atomic E-state index is 10.6. The molecule has 1 aromatic carbocycles. The minimum absolute atomic E-state index is 0.144. The van der Waals surface area contributed by atoms with Crippen molar-refractivity contribution in [1.29, 1.82) is 0 Å². The fraction of sp³-hybridized carbons (Fsp3) is 0.364. The molecular weight excluding hydrogens is 242 g/mol. The van der Waals surface area contributed by atoms with Crippen molar-refractivity contribution in [1.82, 2.24) is 0 Å². The van der Waals surface area contributed by atoms with Crippen molar-refractivity contribution in [3.8, 4) is 11.5 Å². The van der Waals surface area contributed by atoms with Gasteiger partial charge in [0.15, 0.2) is 11.5 Å². The van der Waals surface area contributed by atoms with E-state index < -0.39 is 12.0 Å². The van der Waals surface area contributed by atoms with Gasteiger partial charge in [-0.05, 0) is 25.5 Å². The maximum absolute atomic E-state index is 10.6. The number of thioether (sulfide) groups is 1. The molecule has 5 N–H and O–H groups in total. The van der Waals surface area contributed by atoms with Crippen LogP contribution in [0.1, 0.15) is 11.1 Å². The number of aliphatic carboxylic acids is 1. The van der Waals surface area contributed by atoms with Gasteiger partial charge in [0.1, 0.15) is 6.04 Å². The molecule has 0 saturated heterocycles. The van der Waals surface area contributed by atoms with E-state index in [4.69, 9.17) is 10.8 Å². The van der Waals surface area contributed by atoms with Crippen LogP contribution >= 0.6 is 11.8 Å². The Balaban J connectivity index is 2.89. The van der Waals surface area contributed by atoms with Crippen LogP contribution in [-0.2, 0) is 4.79 Å². The van der Waals surface area contributed by atoms with Gasteiger partial charge in [-0.3, -0.25) is 4.79 Å². The molecule has 0 aliphatic rings. The van der Waals surface area contributed by atoms with Crippen LogP contribution in [0.4, 0.5) is 0 Å². The molecule has 1 aromatic rings. The van der Waals surface area contributed by atoms with Crippen molar-refractivity contribution in [3.05, 3.63) is 17.2 Å². The van der Waals surface area contributed by atoms with Gasteiger partial charge in [-0.2, -0.15) is 0 Å². The first-order valence-electron chi connectivity index (χ1n) is 4.98. The predicted molar refractivity (Wildman–Crippen MR) is 65.6 cm³/mol. The lowest BCUT2D eigenvalue weighted by Gasteiger charge is -2.12. The third-order valence-electron chi connectivity index (χ3n) is 2.41. The van der Waals surface area contributed by atoms with Crippen LogP contribution in [0.2, 0.25) is 0 Å². The Morgan fingerprint density at radius 1 is 1.41 bits per heavy atom. The van der Waals surface area contributed by atoms with E-state index in [0.29, 0.717) is 11.1 Å². The van der Waals surface area contributed by atoms with Gasteiger partial charge in [-0.25, -0.2) is 0 Å². The van der Waals surface area contributed by atoms with Crippen LogP contribution in [-0.4, -0.2) is 33.1 Å². The van der Waals surface area contributed by atoms with Crippen molar-refractivity contribution in [2.24, 2.45) is 5.73 Å². The molecule has 1 rings (SSSR count). The summed E-state index contributed by atoms with van der Waals surface area (Å²) in [7, 11) is 0. The standard InChI is InChI=1S/C11H15NO4S/c1-5-3-8(6(2)10(14)9(5)13)17-4-7(12)11(15)16/h3,7,13-14H,4,12H2,1-2H3,(H,15,16)/t7-/m0/s1. The number of carboxylic acids is 1. The summed E-state index contributed by atoms with van der Waals surface area (Å²) in [5.74, 6) is -1.17. The van der Waals surface area contributed by atoms with Crippen molar-refractivity contribution >= 4 is 17.7 Å². The normalized spacial score (nSPS) is 12.4. The molecule has 0 bridgehead atoms. The number of rotatable bonds is 4. The van der Waals surface area contributed by atoms with Gasteiger partial charge < -0.3 is 21.1 Å². The highest BCUT2D eigenvalue weighted by atomic mass is 32.2. The topological polar surface area (TPSA) is 104 Å². The molecule has 0 aliphatic carbocycles. The van der Waals surface area contributed by atoms with Crippen LogP contribution in [0.25, 0.3) is 0 Å². The van der Waals surface area contributed by atoms with E-state index in [9.17, 15) is 15.0 Å². The maximum Gasteiger partial charge on any atom is 0.321 e. The zero-order valence-corrected chi connectivity index (χ0v) is 10.4. The van der Waals surface area contributed by atoms with Gasteiger partial charge >= 0.3 is 5.97 Å².